The molecule has 0 spiro atoms. The number of urea groups is 1. The lowest BCUT2D eigenvalue weighted by Crippen LogP contribution is -2.52. The highest BCUT2D eigenvalue weighted by molar-refractivity contribution is 6.04. The molecular weight excluding hydrogens is 339 g/mol. The largest absolute Gasteiger partial charge is 0.392 e. The molecule has 7 nitrogen and oxygen atoms in total. The molecule has 0 saturated carbocycles. The van der Waals surface area contributed by atoms with Gasteiger partial charge in [-0.1, -0.05) is 12.1 Å². The summed E-state index contributed by atoms with van der Waals surface area (Å²) in [5, 5.41) is 18.5. The Labute approximate surface area is 151 Å². The maximum absolute atomic E-state index is 13.2. The van der Waals surface area contributed by atoms with E-state index in [4.69, 9.17) is 0 Å². The minimum Gasteiger partial charge on any atom is -0.392 e. The number of carbonyl (C=O) groups is 2. The van der Waals surface area contributed by atoms with Crippen LogP contribution in [0, 0.1) is 5.82 Å². The van der Waals surface area contributed by atoms with Crippen molar-refractivity contribution >= 4 is 11.9 Å². The van der Waals surface area contributed by atoms with Crippen LogP contribution in [-0.2, 0) is 11.3 Å². The Morgan fingerprint density at radius 2 is 2.19 bits per heavy atom. The monoisotopic (exact) mass is 364 g/mol. The van der Waals surface area contributed by atoms with E-state index in [9.17, 15) is 19.1 Å². The number of imide groups is 1. The topological polar surface area (TPSA) is 93.7 Å². The van der Waals surface area contributed by atoms with Crippen LogP contribution < -0.4 is 16.0 Å². The van der Waals surface area contributed by atoms with Crippen LogP contribution in [0.3, 0.4) is 0 Å². The zero-order chi connectivity index (χ0) is 18.5. The van der Waals surface area contributed by atoms with Gasteiger partial charge in [0.15, 0.2) is 0 Å². The molecule has 4 N–H and O–H groups in total. The summed E-state index contributed by atoms with van der Waals surface area (Å²) in [6, 6.07) is 5.66. The third-order valence-electron chi connectivity index (χ3n) is 4.94. The average Bonchev–Trinajstić information content (AvgIpc) is 2.93. The lowest BCUT2D eigenvalue weighted by Gasteiger charge is -2.35. The Morgan fingerprint density at radius 3 is 2.85 bits per heavy atom. The second kappa shape index (κ2) is 8.57. The molecule has 0 bridgehead atoms. The smallest absolute Gasteiger partial charge is 0.322 e. The van der Waals surface area contributed by atoms with E-state index in [0.717, 1.165) is 18.5 Å². The zero-order valence-corrected chi connectivity index (χ0v) is 14.6. The molecule has 3 amide bonds. The summed E-state index contributed by atoms with van der Waals surface area (Å²) in [4.78, 5) is 24.7. The second-order valence-corrected chi connectivity index (χ2v) is 6.95. The summed E-state index contributed by atoms with van der Waals surface area (Å²) in [5.74, 6) is -0.527. The molecule has 0 aliphatic carbocycles. The van der Waals surface area contributed by atoms with Crippen molar-refractivity contribution in [3.63, 3.8) is 0 Å². The summed E-state index contributed by atoms with van der Waals surface area (Å²) in [5.41, 5.74) is 0.933. The number of rotatable bonds is 7. The van der Waals surface area contributed by atoms with Crippen molar-refractivity contribution in [3.05, 3.63) is 35.6 Å². The first-order valence-electron chi connectivity index (χ1n) is 9.01. The van der Waals surface area contributed by atoms with E-state index < -0.39 is 18.2 Å². The Kier molecular flexibility index (Phi) is 6.18. The van der Waals surface area contributed by atoms with Gasteiger partial charge in [0.25, 0.3) is 5.91 Å². The highest BCUT2D eigenvalue weighted by Crippen LogP contribution is 2.16. The molecule has 26 heavy (non-hydrogen) atoms. The maximum Gasteiger partial charge on any atom is 0.322 e. The SMILES string of the molecule is O=C1NC(=O)C(CCCC(O)C2CCN(Cc3cccc(F)c3)CN2)N1. The number of amides is 3. The molecule has 2 saturated heterocycles. The van der Waals surface area contributed by atoms with Crippen molar-refractivity contribution in [2.45, 2.75) is 50.4 Å². The van der Waals surface area contributed by atoms with Crippen molar-refractivity contribution in [3.8, 4) is 0 Å². The minimum absolute atomic E-state index is 0.00533. The molecule has 142 valence electrons. The summed E-state index contributed by atoms with van der Waals surface area (Å²) in [7, 11) is 0. The molecule has 0 aromatic heterocycles. The Bertz CT molecular complexity index is 649. The van der Waals surface area contributed by atoms with E-state index >= 15 is 0 Å². The van der Waals surface area contributed by atoms with Crippen molar-refractivity contribution < 1.29 is 19.1 Å². The van der Waals surface area contributed by atoms with Crippen LogP contribution in [0.25, 0.3) is 0 Å². The van der Waals surface area contributed by atoms with E-state index in [-0.39, 0.29) is 17.8 Å². The molecule has 1 aromatic carbocycles. The van der Waals surface area contributed by atoms with Crippen LogP contribution in [0.5, 0.6) is 0 Å². The van der Waals surface area contributed by atoms with Crippen molar-refractivity contribution in [1.29, 1.82) is 0 Å². The van der Waals surface area contributed by atoms with Crippen molar-refractivity contribution in [2.75, 3.05) is 13.2 Å². The number of halogens is 1. The van der Waals surface area contributed by atoms with E-state index in [1.54, 1.807) is 12.1 Å². The normalized spacial score (nSPS) is 25.0. The number of hydrogen-bond donors (Lipinski definition) is 4. The third kappa shape index (κ3) is 5.00. The van der Waals surface area contributed by atoms with Crippen LogP contribution in [0.15, 0.2) is 24.3 Å². The standard InChI is InChI=1S/C18H25FN4O3/c19-13-4-1-3-12(9-13)10-23-8-7-14(20-11-23)16(24)6-2-5-15-17(25)22-18(26)21-15/h1,3-4,9,14-16,20,24H,2,5-8,10-11H2,(H2,21,22,25,26). The van der Waals surface area contributed by atoms with Crippen LogP contribution in [0.2, 0.25) is 0 Å². The van der Waals surface area contributed by atoms with Gasteiger partial charge >= 0.3 is 6.03 Å². The fourth-order valence-corrected chi connectivity index (χ4v) is 3.50. The number of hydrogen-bond acceptors (Lipinski definition) is 5. The van der Waals surface area contributed by atoms with Gasteiger partial charge in [-0.2, -0.15) is 0 Å². The predicted molar refractivity (Wildman–Crippen MR) is 93.5 cm³/mol. The lowest BCUT2D eigenvalue weighted by molar-refractivity contribution is -0.120. The summed E-state index contributed by atoms with van der Waals surface area (Å²) >= 11 is 0. The number of aliphatic hydroxyl groups excluding tert-OH is 1. The molecule has 1 aromatic rings. The first-order chi connectivity index (χ1) is 12.5. The Morgan fingerprint density at radius 1 is 1.35 bits per heavy atom. The number of benzene rings is 1. The molecule has 3 atom stereocenters. The number of carbonyl (C=O) groups excluding carboxylic acids is 2. The first-order valence-corrected chi connectivity index (χ1v) is 9.01. The van der Waals surface area contributed by atoms with Gasteiger partial charge < -0.3 is 10.4 Å². The minimum atomic E-state index is -0.494. The fraction of sp³-hybridized carbons (Fsp3) is 0.556. The first kappa shape index (κ1) is 18.8. The van der Waals surface area contributed by atoms with E-state index in [1.807, 2.05) is 6.07 Å². The maximum atomic E-state index is 13.2. The Hall–Kier alpha value is -2.03. The van der Waals surface area contributed by atoms with E-state index in [0.29, 0.717) is 32.5 Å². The highest BCUT2D eigenvalue weighted by atomic mass is 19.1. The average molecular weight is 364 g/mol. The van der Waals surface area contributed by atoms with Gasteiger partial charge in [0.05, 0.1) is 6.10 Å². The van der Waals surface area contributed by atoms with Gasteiger partial charge in [0.1, 0.15) is 11.9 Å². The second-order valence-electron chi connectivity index (χ2n) is 6.95. The number of nitrogens with zero attached hydrogens (tertiary/aromatic N) is 1. The number of aliphatic hydroxyl groups is 1. The van der Waals surface area contributed by atoms with E-state index in [2.05, 4.69) is 20.9 Å². The zero-order valence-electron chi connectivity index (χ0n) is 14.6. The van der Waals surface area contributed by atoms with Crippen LogP contribution in [0.1, 0.15) is 31.2 Å². The van der Waals surface area contributed by atoms with Gasteiger partial charge in [-0.25, -0.2) is 9.18 Å². The molecule has 3 unspecified atom stereocenters. The van der Waals surface area contributed by atoms with Crippen LogP contribution in [0.4, 0.5) is 9.18 Å². The van der Waals surface area contributed by atoms with Gasteiger partial charge in [0.2, 0.25) is 0 Å². The summed E-state index contributed by atoms with van der Waals surface area (Å²) in [6.07, 6.45) is 2.06. The van der Waals surface area contributed by atoms with E-state index in [1.165, 1.54) is 6.07 Å². The van der Waals surface area contributed by atoms with Gasteiger partial charge in [-0.05, 0) is 43.4 Å². The van der Waals surface area contributed by atoms with Gasteiger partial charge in [-0.3, -0.25) is 20.3 Å². The van der Waals surface area contributed by atoms with Gasteiger partial charge in [0, 0.05) is 25.8 Å². The Balaban J connectivity index is 1.36. The fourth-order valence-electron chi connectivity index (χ4n) is 3.50. The molecular formula is C18H25FN4O3. The lowest BCUT2D eigenvalue weighted by atomic mass is 9.98. The number of nitrogens with one attached hydrogen (secondary N) is 3. The summed E-state index contributed by atoms with van der Waals surface area (Å²) in [6.45, 7) is 2.13. The van der Waals surface area contributed by atoms with Crippen LogP contribution >= 0.6 is 0 Å². The molecule has 3 rings (SSSR count). The molecule has 2 heterocycles. The molecule has 2 aliphatic rings. The molecule has 8 heteroatoms. The summed E-state index contributed by atoms with van der Waals surface area (Å²) < 4.78 is 13.2. The molecule has 2 aliphatic heterocycles. The third-order valence-corrected chi connectivity index (χ3v) is 4.94. The molecule has 2 fully saturated rings. The quantitative estimate of drug-likeness (QED) is 0.534. The van der Waals surface area contributed by atoms with Crippen molar-refractivity contribution in [1.82, 2.24) is 20.9 Å². The predicted octanol–water partition coefficient (Wildman–Crippen LogP) is 0.686. The molecule has 0 radical (unpaired) electrons. The van der Waals surface area contributed by atoms with Gasteiger partial charge in [-0.15, -0.1) is 0 Å². The highest BCUT2D eigenvalue weighted by Gasteiger charge is 2.30. The van der Waals surface area contributed by atoms with Crippen LogP contribution in [-0.4, -0.2) is 53.3 Å². The van der Waals surface area contributed by atoms with Crippen molar-refractivity contribution in [2.24, 2.45) is 0 Å².